The van der Waals surface area contributed by atoms with Gasteiger partial charge in [0.1, 0.15) is 0 Å². The molecule has 134 valence electrons. The fourth-order valence-corrected chi connectivity index (χ4v) is 3.06. The highest BCUT2D eigenvalue weighted by molar-refractivity contribution is 5.69. The summed E-state index contributed by atoms with van der Waals surface area (Å²) in [6.45, 7) is 4.42. The molecule has 4 heteroatoms. The number of rotatable bonds is 7. The number of aromatic nitrogens is 2. The van der Waals surface area contributed by atoms with Crippen LogP contribution in [0.25, 0.3) is 16.9 Å². The molecule has 3 rings (SSSR count). The van der Waals surface area contributed by atoms with Gasteiger partial charge in [0.25, 0.3) is 0 Å². The molecule has 4 nitrogen and oxygen atoms in total. The van der Waals surface area contributed by atoms with Crippen LogP contribution in [0.15, 0.2) is 60.8 Å². The minimum absolute atomic E-state index is 0.0961. The van der Waals surface area contributed by atoms with E-state index in [2.05, 4.69) is 38.1 Å². The average Bonchev–Trinajstić information content (AvgIpc) is 3.05. The molecule has 26 heavy (non-hydrogen) atoms. The van der Waals surface area contributed by atoms with Gasteiger partial charge in [0.05, 0.1) is 11.4 Å². The van der Waals surface area contributed by atoms with Gasteiger partial charge >= 0.3 is 5.97 Å². The summed E-state index contributed by atoms with van der Waals surface area (Å²) >= 11 is 0. The van der Waals surface area contributed by atoms with Crippen molar-refractivity contribution in [2.45, 2.75) is 33.1 Å². The first-order valence-corrected chi connectivity index (χ1v) is 8.98. The highest BCUT2D eigenvalue weighted by Gasteiger charge is 2.13. The van der Waals surface area contributed by atoms with E-state index >= 15 is 0 Å². The lowest BCUT2D eigenvalue weighted by Crippen LogP contribution is -1.98. The zero-order valence-corrected chi connectivity index (χ0v) is 15.2. The third kappa shape index (κ3) is 4.39. The number of aliphatic carboxylic acids is 1. The van der Waals surface area contributed by atoms with Gasteiger partial charge in [-0.05, 0) is 42.0 Å². The van der Waals surface area contributed by atoms with Gasteiger partial charge in [0.2, 0.25) is 0 Å². The van der Waals surface area contributed by atoms with Gasteiger partial charge < -0.3 is 5.11 Å². The van der Waals surface area contributed by atoms with Crippen molar-refractivity contribution >= 4 is 5.97 Å². The molecule has 1 heterocycles. The predicted molar refractivity (Wildman–Crippen MR) is 103 cm³/mol. The normalized spacial score (nSPS) is 11.0. The van der Waals surface area contributed by atoms with Gasteiger partial charge in [-0.15, -0.1) is 0 Å². The largest absolute Gasteiger partial charge is 0.481 e. The van der Waals surface area contributed by atoms with E-state index in [1.807, 2.05) is 41.2 Å². The summed E-state index contributed by atoms with van der Waals surface area (Å²) in [7, 11) is 0. The lowest BCUT2D eigenvalue weighted by Gasteiger charge is -2.06. The van der Waals surface area contributed by atoms with Crippen LogP contribution in [0.1, 0.15) is 31.4 Å². The Kier molecular flexibility index (Phi) is 5.52. The number of para-hydroxylation sites is 1. The van der Waals surface area contributed by atoms with Crippen molar-refractivity contribution in [3.63, 3.8) is 0 Å². The van der Waals surface area contributed by atoms with Crippen LogP contribution in [0.2, 0.25) is 0 Å². The van der Waals surface area contributed by atoms with Crippen molar-refractivity contribution in [3.8, 4) is 16.9 Å². The molecule has 0 aliphatic carbocycles. The van der Waals surface area contributed by atoms with E-state index in [9.17, 15) is 4.79 Å². The SMILES string of the molecule is CC(C)Cc1ccc(-c2nn(-c3ccccc3)cc2CCC(=O)O)cc1. The van der Waals surface area contributed by atoms with Crippen LogP contribution in [0, 0.1) is 5.92 Å². The number of benzene rings is 2. The molecule has 0 aliphatic rings. The molecule has 0 radical (unpaired) electrons. The molecule has 1 N–H and O–H groups in total. The van der Waals surface area contributed by atoms with E-state index in [0.29, 0.717) is 12.3 Å². The summed E-state index contributed by atoms with van der Waals surface area (Å²) in [5, 5.41) is 13.8. The highest BCUT2D eigenvalue weighted by Crippen LogP contribution is 2.26. The van der Waals surface area contributed by atoms with E-state index < -0.39 is 5.97 Å². The number of carboxylic acid groups (broad SMARTS) is 1. The van der Waals surface area contributed by atoms with Crippen LogP contribution in [0.5, 0.6) is 0 Å². The Morgan fingerprint density at radius 1 is 1.08 bits per heavy atom. The fourth-order valence-electron chi connectivity index (χ4n) is 3.06. The maximum absolute atomic E-state index is 11.0. The standard InChI is InChI=1S/C22H24N2O2/c1-16(2)14-17-8-10-18(11-9-17)22-19(12-13-21(25)26)15-24(23-22)20-6-4-3-5-7-20/h3-11,15-16H,12-14H2,1-2H3,(H,25,26). The van der Waals surface area contributed by atoms with Gasteiger partial charge in [0, 0.05) is 18.2 Å². The van der Waals surface area contributed by atoms with Crippen LogP contribution < -0.4 is 0 Å². The van der Waals surface area contributed by atoms with E-state index in [1.54, 1.807) is 0 Å². The Balaban J connectivity index is 1.95. The first-order valence-electron chi connectivity index (χ1n) is 8.98. The summed E-state index contributed by atoms with van der Waals surface area (Å²) in [4.78, 5) is 11.0. The highest BCUT2D eigenvalue weighted by atomic mass is 16.4. The van der Waals surface area contributed by atoms with E-state index in [0.717, 1.165) is 28.9 Å². The number of hydrogen-bond donors (Lipinski definition) is 1. The average molecular weight is 348 g/mol. The van der Waals surface area contributed by atoms with Gasteiger partial charge in [-0.1, -0.05) is 56.3 Å². The number of aryl methyl sites for hydroxylation is 1. The summed E-state index contributed by atoms with van der Waals surface area (Å²) in [5.41, 5.74) is 5.09. The Labute approximate surface area is 154 Å². The zero-order chi connectivity index (χ0) is 18.5. The molecule has 0 unspecified atom stereocenters. The molecule has 0 atom stereocenters. The first-order chi connectivity index (χ1) is 12.5. The van der Waals surface area contributed by atoms with Crippen molar-refractivity contribution < 1.29 is 9.90 Å². The first kappa shape index (κ1) is 17.9. The molecule has 0 amide bonds. The Morgan fingerprint density at radius 2 is 1.77 bits per heavy atom. The summed E-state index contributed by atoms with van der Waals surface area (Å²) < 4.78 is 1.83. The van der Waals surface area contributed by atoms with Gasteiger partial charge in [-0.3, -0.25) is 4.79 Å². The lowest BCUT2D eigenvalue weighted by molar-refractivity contribution is -0.136. The number of nitrogens with zero attached hydrogens (tertiary/aromatic N) is 2. The van der Waals surface area contributed by atoms with Gasteiger partial charge in [-0.25, -0.2) is 4.68 Å². The van der Waals surface area contributed by atoms with Crippen LogP contribution >= 0.6 is 0 Å². The Hall–Kier alpha value is -2.88. The smallest absolute Gasteiger partial charge is 0.303 e. The minimum Gasteiger partial charge on any atom is -0.481 e. The summed E-state index contributed by atoms with van der Waals surface area (Å²) in [5.74, 6) is -0.181. The quantitative estimate of drug-likeness (QED) is 0.670. The number of hydrogen-bond acceptors (Lipinski definition) is 2. The Bertz CT molecular complexity index is 865. The van der Waals surface area contributed by atoms with Crippen LogP contribution in [-0.2, 0) is 17.6 Å². The second-order valence-corrected chi connectivity index (χ2v) is 6.97. The molecule has 2 aromatic carbocycles. The molecule has 0 spiro atoms. The molecular weight excluding hydrogens is 324 g/mol. The van der Waals surface area contributed by atoms with Crippen LogP contribution in [-0.4, -0.2) is 20.9 Å². The number of carbonyl (C=O) groups is 1. The molecule has 0 fully saturated rings. The van der Waals surface area contributed by atoms with Gasteiger partial charge in [-0.2, -0.15) is 5.10 Å². The maximum Gasteiger partial charge on any atom is 0.303 e. The van der Waals surface area contributed by atoms with Crippen molar-refractivity contribution in [3.05, 3.63) is 71.9 Å². The molecule has 0 saturated carbocycles. The van der Waals surface area contributed by atoms with E-state index in [-0.39, 0.29) is 6.42 Å². The van der Waals surface area contributed by atoms with Gasteiger partial charge in [0.15, 0.2) is 0 Å². The topological polar surface area (TPSA) is 55.1 Å². The van der Waals surface area contributed by atoms with E-state index in [4.69, 9.17) is 10.2 Å². The van der Waals surface area contributed by atoms with E-state index in [1.165, 1.54) is 5.56 Å². The molecular formula is C22H24N2O2. The minimum atomic E-state index is -0.796. The molecule has 0 saturated heterocycles. The zero-order valence-electron chi connectivity index (χ0n) is 15.2. The third-order valence-corrected chi connectivity index (χ3v) is 4.29. The molecule has 3 aromatic rings. The molecule has 0 aliphatic heterocycles. The summed E-state index contributed by atoms with van der Waals surface area (Å²) in [6, 6.07) is 18.3. The van der Waals surface area contributed by atoms with Crippen molar-refractivity contribution in [1.82, 2.24) is 9.78 Å². The fraction of sp³-hybridized carbons (Fsp3) is 0.273. The second kappa shape index (κ2) is 8.00. The Morgan fingerprint density at radius 3 is 2.38 bits per heavy atom. The third-order valence-electron chi connectivity index (χ3n) is 4.29. The van der Waals surface area contributed by atoms with Crippen molar-refractivity contribution in [1.29, 1.82) is 0 Å². The van der Waals surface area contributed by atoms with Crippen LogP contribution in [0.3, 0.4) is 0 Å². The second-order valence-electron chi connectivity index (χ2n) is 6.97. The van der Waals surface area contributed by atoms with Crippen LogP contribution in [0.4, 0.5) is 0 Å². The molecule has 0 bridgehead atoms. The maximum atomic E-state index is 11.0. The number of carboxylic acids is 1. The molecule has 1 aromatic heterocycles. The monoisotopic (exact) mass is 348 g/mol. The lowest BCUT2D eigenvalue weighted by atomic mass is 9.99. The summed E-state index contributed by atoms with van der Waals surface area (Å²) in [6.07, 6.45) is 3.55. The van der Waals surface area contributed by atoms with Crippen molar-refractivity contribution in [2.75, 3.05) is 0 Å². The van der Waals surface area contributed by atoms with Crippen molar-refractivity contribution in [2.24, 2.45) is 5.92 Å². The predicted octanol–water partition coefficient (Wildman–Crippen LogP) is 4.76.